The van der Waals surface area contributed by atoms with Crippen molar-refractivity contribution < 1.29 is 14.4 Å². The van der Waals surface area contributed by atoms with Gasteiger partial charge in [-0.1, -0.05) is 30.3 Å². The van der Waals surface area contributed by atoms with E-state index in [1.807, 2.05) is 0 Å². The smallest absolute Gasteiger partial charge is 0.323 e. The molecule has 0 aromatic heterocycles. The topological polar surface area (TPSA) is 57.5 Å². The molecule has 0 saturated heterocycles. The molecule has 0 amide bonds. The van der Waals surface area contributed by atoms with E-state index in [-0.39, 0.29) is 0 Å². The third-order valence-electron chi connectivity index (χ3n) is 1.85. The zero-order valence-corrected chi connectivity index (χ0v) is 8.66. The van der Waals surface area contributed by atoms with Gasteiger partial charge in [-0.2, -0.15) is 0 Å². The average Bonchev–Trinajstić information content (AvgIpc) is 2.04. The van der Waals surface area contributed by atoms with Crippen LogP contribution in [0.1, 0.15) is 12.5 Å². The molecule has 0 aliphatic carbocycles. The second-order valence-corrected chi connectivity index (χ2v) is 5.87. The molecular formula is C8H10ClO3P. The van der Waals surface area contributed by atoms with Gasteiger partial charge < -0.3 is 9.79 Å². The number of hydrogen-bond donors (Lipinski definition) is 2. The minimum atomic E-state index is -4.33. The van der Waals surface area contributed by atoms with Gasteiger partial charge in [-0.15, -0.1) is 11.6 Å². The second-order valence-electron chi connectivity index (χ2n) is 2.86. The van der Waals surface area contributed by atoms with Gasteiger partial charge >= 0.3 is 7.60 Å². The fourth-order valence-electron chi connectivity index (χ4n) is 0.911. The Morgan fingerprint density at radius 1 is 1.31 bits per heavy atom. The standard InChI is InChI=1S/C8H10ClO3P/c1-8(9,13(10,11)12)7-5-3-2-4-6-7/h2-6H,1H3,(H2,10,11,12)/t8-/m0/s1. The van der Waals surface area contributed by atoms with E-state index in [9.17, 15) is 4.57 Å². The van der Waals surface area contributed by atoms with E-state index in [0.29, 0.717) is 5.56 Å². The molecule has 72 valence electrons. The zero-order valence-electron chi connectivity index (χ0n) is 7.01. The molecule has 0 spiro atoms. The van der Waals surface area contributed by atoms with Gasteiger partial charge in [0, 0.05) is 0 Å². The van der Waals surface area contributed by atoms with Crippen LogP contribution in [0.3, 0.4) is 0 Å². The van der Waals surface area contributed by atoms with Gasteiger partial charge in [-0.25, -0.2) is 0 Å². The lowest BCUT2D eigenvalue weighted by Gasteiger charge is -2.23. The Balaban J connectivity index is 3.16. The number of halogens is 1. The molecule has 1 aromatic rings. The summed E-state index contributed by atoms with van der Waals surface area (Å²) in [5.41, 5.74) is 0.421. The maximum absolute atomic E-state index is 11.0. The van der Waals surface area contributed by atoms with Crippen LogP contribution in [0.25, 0.3) is 0 Å². The van der Waals surface area contributed by atoms with Gasteiger partial charge in [-0.3, -0.25) is 4.57 Å². The lowest BCUT2D eigenvalue weighted by molar-refractivity contribution is 0.354. The van der Waals surface area contributed by atoms with E-state index < -0.39 is 12.2 Å². The van der Waals surface area contributed by atoms with Crippen LogP contribution in [0.5, 0.6) is 0 Å². The van der Waals surface area contributed by atoms with Crippen LogP contribution in [0, 0.1) is 0 Å². The summed E-state index contributed by atoms with van der Waals surface area (Å²) in [6.07, 6.45) is 0. The van der Waals surface area contributed by atoms with Gasteiger partial charge in [0.05, 0.1) is 0 Å². The van der Waals surface area contributed by atoms with E-state index in [2.05, 4.69) is 0 Å². The van der Waals surface area contributed by atoms with Crippen molar-refractivity contribution in [1.29, 1.82) is 0 Å². The number of rotatable bonds is 2. The summed E-state index contributed by atoms with van der Waals surface area (Å²) >= 11 is 5.77. The van der Waals surface area contributed by atoms with Gasteiger partial charge in [0.25, 0.3) is 0 Å². The highest BCUT2D eigenvalue weighted by molar-refractivity contribution is 7.55. The van der Waals surface area contributed by atoms with Crippen molar-refractivity contribution in [2.45, 2.75) is 11.5 Å². The Kier molecular flexibility index (Phi) is 2.83. The average molecular weight is 221 g/mol. The molecular weight excluding hydrogens is 211 g/mol. The highest BCUT2D eigenvalue weighted by Crippen LogP contribution is 2.59. The molecule has 3 nitrogen and oxygen atoms in total. The molecule has 0 bridgehead atoms. The second kappa shape index (κ2) is 3.43. The van der Waals surface area contributed by atoms with Gasteiger partial charge in [0.15, 0.2) is 4.62 Å². The molecule has 0 unspecified atom stereocenters. The zero-order chi connectivity index (χ0) is 10.1. The fraction of sp³-hybridized carbons (Fsp3) is 0.250. The molecule has 0 saturated carbocycles. The normalized spacial score (nSPS) is 16.6. The third-order valence-corrected chi connectivity index (χ3v) is 4.08. The van der Waals surface area contributed by atoms with Crippen molar-refractivity contribution in [2.24, 2.45) is 0 Å². The Morgan fingerprint density at radius 3 is 2.15 bits per heavy atom. The summed E-state index contributed by atoms with van der Waals surface area (Å²) in [5, 5.41) is 0. The quantitative estimate of drug-likeness (QED) is 0.594. The molecule has 5 heteroatoms. The molecule has 0 heterocycles. The van der Waals surface area contributed by atoms with Gasteiger partial charge in [0.2, 0.25) is 0 Å². The van der Waals surface area contributed by atoms with Crippen molar-refractivity contribution in [3.63, 3.8) is 0 Å². The van der Waals surface area contributed by atoms with Crippen LogP contribution in [0.15, 0.2) is 30.3 Å². The predicted octanol–water partition coefficient (Wildman–Crippen LogP) is 2.28. The molecule has 1 atom stereocenters. The minimum Gasteiger partial charge on any atom is -0.323 e. The molecule has 0 aliphatic heterocycles. The predicted molar refractivity (Wildman–Crippen MR) is 51.7 cm³/mol. The lowest BCUT2D eigenvalue weighted by atomic mass is 10.2. The molecule has 1 aromatic carbocycles. The molecule has 0 aliphatic rings. The van der Waals surface area contributed by atoms with E-state index >= 15 is 0 Å². The number of hydrogen-bond acceptors (Lipinski definition) is 1. The molecule has 13 heavy (non-hydrogen) atoms. The Morgan fingerprint density at radius 2 is 1.77 bits per heavy atom. The Hall–Kier alpha value is -0.340. The van der Waals surface area contributed by atoms with E-state index in [0.717, 1.165) is 0 Å². The summed E-state index contributed by atoms with van der Waals surface area (Å²) in [7, 11) is -4.33. The summed E-state index contributed by atoms with van der Waals surface area (Å²) in [4.78, 5) is 18.0. The van der Waals surface area contributed by atoms with Crippen molar-refractivity contribution in [1.82, 2.24) is 0 Å². The van der Waals surface area contributed by atoms with Crippen LogP contribution in [-0.4, -0.2) is 9.79 Å². The number of benzene rings is 1. The summed E-state index contributed by atoms with van der Waals surface area (Å²) < 4.78 is 9.39. The van der Waals surface area contributed by atoms with Crippen molar-refractivity contribution in [2.75, 3.05) is 0 Å². The third kappa shape index (κ3) is 2.12. The van der Waals surface area contributed by atoms with Crippen LogP contribution >= 0.6 is 19.2 Å². The van der Waals surface area contributed by atoms with Crippen molar-refractivity contribution in [3.8, 4) is 0 Å². The SMILES string of the molecule is C[C@@](Cl)(c1ccccc1)P(=O)(O)O. The molecule has 2 N–H and O–H groups in total. The van der Waals surface area contributed by atoms with Gasteiger partial charge in [-0.05, 0) is 12.5 Å². The lowest BCUT2D eigenvalue weighted by Crippen LogP contribution is -2.13. The first-order valence-electron chi connectivity index (χ1n) is 3.66. The fourth-order valence-corrected chi connectivity index (χ4v) is 1.52. The van der Waals surface area contributed by atoms with E-state index in [1.54, 1.807) is 30.3 Å². The van der Waals surface area contributed by atoms with Crippen LogP contribution < -0.4 is 0 Å². The largest absolute Gasteiger partial charge is 0.350 e. The maximum Gasteiger partial charge on any atom is 0.350 e. The van der Waals surface area contributed by atoms with Crippen molar-refractivity contribution >= 4 is 19.2 Å². The summed E-state index contributed by atoms with van der Waals surface area (Å²) in [6.45, 7) is 1.31. The Bertz CT molecular complexity index is 331. The van der Waals surface area contributed by atoms with Gasteiger partial charge in [0.1, 0.15) is 0 Å². The molecule has 0 fully saturated rings. The first-order valence-corrected chi connectivity index (χ1v) is 5.65. The molecule has 1 rings (SSSR count). The Labute approximate surface area is 81.5 Å². The van der Waals surface area contributed by atoms with Crippen molar-refractivity contribution in [3.05, 3.63) is 35.9 Å². The highest BCUT2D eigenvalue weighted by Gasteiger charge is 2.41. The highest BCUT2D eigenvalue weighted by atomic mass is 35.5. The monoisotopic (exact) mass is 220 g/mol. The molecule has 0 radical (unpaired) electrons. The maximum atomic E-state index is 11.0. The first-order chi connectivity index (χ1) is 5.86. The minimum absolute atomic E-state index is 0.421. The summed E-state index contributed by atoms with van der Waals surface area (Å²) in [5.74, 6) is 0. The van der Waals surface area contributed by atoms with E-state index in [1.165, 1.54) is 6.92 Å². The summed E-state index contributed by atoms with van der Waals surface area (Å²) in [6, 6.07) is 8.31. The van der Waals surface area contributed by atoms with Crippen LogP contribution in [-0.2, 0) is 9.18 Å². The van der Waals surface area contributed by atoms with E-state index in [4.69, 9.17) is 21.4 Å². The van der Waals surface area contributed by atoms with Crippen LogP contribution in [0.4, 0.5) is 0 Å². The first kappa shape index (κ1) is 10.7. The van der Waals surface area contributed by atoms with Crippen LogP contribution in [0.2, 0.25) is 0 Å². The number of alkyl halides is 1.